The molecule has 0 aromatic rings. The molecule has 0 aliphatic carbocycles. The van der Waals surface area contributed by atoms with Crippen molar-refractivity contribution < 1.29 is 23.9 Å². The van der Waals surface area contributed by atoms with Crippen molar-refractivity contribution in [2.45, 2.75) is 44.9 Å². The summed E-state index contributed by atoms with van der Waals surface area (Å²) in [6.07, 6.45) is 2.33. The zero-order valence-corrected chi connectivity index (χ0v) is 16.6. The van der Waals surface area contributed by atoms with E-state index in [1.807, 2.05) is 0 Å². The molecule has 0 spiro atoms. The Morgan fingerprint density at radius 3 is 2.46 bits per heavy atom. The smallest absolute Gasteiger partial charge is 0.407 e. The number of amides is 4. The number of hydrogen-bond acceptors (Lipinski definition) is 7. The van der Waals surface area contributed by atoms with Crippen LogP contribution in [0.5, 0.6) is 0 Å². The zero-order valence-electron chi connectivity index (χ0n) is 14.9. The molecule has 10 heteroatoms. The molecule has 2 atom stereocenters. The van der Waals surface area contributed by atoms with Crippen LogP contribution < -0.4 is 10.6 Å². The lowest BCUT2D eigenvalue weighted by molar-refractivity contribution is -0.145. The molecule has 1 fully saturated rings. The van der Waals surface area contributed by atoms with Gasteiger partial charge in [0, 0.05) is 29.7 Å². The van der Waals surface area contributed by atoms with Crippen molar-refractivity contribution in [2.24, 2.45) is 0 Å². The maximum absolute atomic E-state index is 12.7. The van der Waals surface area contributed by atoms with Gasteiger partial charge in [-0.1, -0.05) is 21.6 Å². The van der Waals surface area contributed by atoms with E-state index in [0.29, 0.717) is 0 Å². The molecule has 1 saturated heterocycles. The first kappa shape index (κ1) is 20.6. The van der Waals surface area contributed by atoms with Gasteiger partial charge in [-0.25, -0.2) is 4.79 Å². The van der Waals surface area contributed by atoms with Gasteiger partial charge in [0.05, 0.1) is 6.54 Å². The molecule has 0 aromatic heterocycles. The quantitative estimate of drug-likeness (QED) is 0.524. The Kier molecular flexibility index (Phi) is 6.99. The molecule has 2 heterocycles. The van der Waals surface area contributed by atoms with Crippen molar-refractivity contribution >= 4 is 45.4 Å². The van der Waals surface area contributed by atoms with Gasteiger partial charge in [0.15, 0.2) is 0 Å². The fourth-order valence-corrected chi connectivity index (χ4v) is 4.82. The zero-order chi connectivity index (χ0) is 19.3. The lowest BCUT2D eigenvalue weighted by Gasteiger charge is -2.29. The van der Waals surface area contributed by atoms with Crippen LogP contribution in [0.3, 0.4) is 0 Å². The molecule has 2 aliphatic rings. The summed E-state index contributed by atoms with van der Waals surface area (Å²) in [6, 6.07) is -1.16. The van der Waals surface area contributed by atoms with E-state index in [0.717, 1.165) is 35.0 Å². The molecule has 2 rings (SSSR count). The predicted molar refractivity (Wildman–Crippen MR) is 100 cm³/mol. The molecular weight excluding hydrogens is 378 g/mol. The highest BCUT2D eigenvalue weighted by Gasteiger charge is 2.37. The van der Waals surface area contributed by atoms with E-state index in [1.165, 1.54) is 0 Å². The van der Waals surface area contributed by atoms with E-state index >= 15 is 0 Å². The van der Waals surface area contributed by atoms with Gasteiger partial charge >= 0.3 is 6.09 Å². The summed E-state index contributed by atoms with van der Waals surface area (Å²) in [5.74, 6) is 0.0517. The van der Waals surface area contributed by atoms with Gasteiger partial charge < -0.3 is 15.4 Å². The second-order valence-electron chi connectivity index (χ2n) is 6.88. The Bertz CT molecular complexity index is 593. The van der Waals surface area contributed by atoms with E-state index in [1.54, 1.807) is 42.4 Å². The van der Waals surface area contributed by atoms with Crippen molar-refractivity contribution in [2.75, 3.05) is 18.1 Å². The first-order valence-electron chi connectivity index (χ1n) is 8.24. The molecule has 26 heavy (non-hydrogen) atoms. The van der Waals surface area contributed by atoms with Crippen LogP contribution in [0.15, 0.2) is 12.2 Å². The molecule has 0 aromatic carbocycles. The van der Waals surface area contributed by atoms with E-state index in [2.05, 4.69) is 10.6 Å². The van der Waals surface area contributed by atoms with Crippen LogP contribution in [-0.4, -0.2) is 64.4 Å². The van der Waals surface area contributed by atoms with Crippen LogP contribution in [0.2, 0.25) is 0 Å². The average molecular weight is 402 g/mol. The summed E-state index contributed by atoms with van der Waals surface area (Å²) < 4.78 is 5.14. The summed E-state index contributed by atoms with van der Waals surface area (Å²) in [6.45, 7) is 4.93. The topological polar surface area (TPSA) is 105 Å². The monoisotopic (exact) mass is 401 g/mol. The van der Waals surface area contributed by atoms with Crippen LogP contribution in [0.4, 0.5) is 4.79 Å². The molecule has 2 aliphatic heterocycles. The third-order valence-electron chi connectivity index (χ3n) is 3.54. The number of alkyl carbamates (subject to hydrolysis) is 1. The Morgan fingerprint density at radius 2 is 1.92 bits per heavy atom. The highest BCUT2D eigenvalue weighted by atomic mass is 33.1. The van der Waals surface area contributed by atoms with Crippen molar-refractivity contribution in [1.82, 2.24) is 15.5 Å². The van der Waals surface area contributed by atoms with E-state index in [4.69, 9.17) is 4.74 Å². The molecule has 0 unspecified atom stereocenters. The van der Waals surface area contributed by atoms with E-state index in [-0.39, 0.29) is 12.6 Å². The number of hydrogen-bond donors (Lipinski definition) is 2. The van der Waals surface area contributed by atoms with Gasteiger partial charge in [0.25, 0.3) is 11.8 Å². The predicted octanol–water partition coefficient (Wildman–Crippen LogP) is 1.07. The third-order valence-corrected chi connectivity index (χ3v) is 6.06. The van der Waals surface area contributed by atoms with E-state index < -0.39 is 35.5 Å². The van der Waals surface area contributed by atoms with Gasteiger partial charge in [-0.15, -0.1) is 0 Å². The SMILES string of the molecule is CC(C)(C)OC(=O)NC[C@@H](C(=O)N[C@H]1CCSSC1)N1C(=O)C=CC1=O. The number of ether oxygens (including phenoxy) is 1. The summed E-state index contributed by atoms with van der Waals surface area (Å²) in [4.78, 5) is 49.4. The highest BCUT2D eigenvalue weighted by molar-refractivity contribution is 8.76. The lowest BCUT2D eigenvalue weighted by atomic mass is 10.2. The number of nitrogens with one attached hydrogen (secondary N) is 2. The first-order valence-corrected chi connectivity index (χ1v) is 10.7. The molecular formula is C16H23N3O5S2. The summed E-state index contributed by atoms with van der Waals surface area (Å²) in [7, 11) is 3.41. The maximum Gasteiger partial charge on any atom is 0.407 e. The Labute approximate surface area is 160 Å². The maximum atomic E-state index is 12.7. The molecule has 144 valence electrons. The lowest BCUT2D eigenvalue weighted by Crippen LogP contribution is -2.57. The van der Waals surface area contributed by atoms with Gasteiger partial charge in [0.2, 0.25) is 5.91 Å². The number of rotatable bonds is 5. The van der Waals surface area contributed by atoms with Gasteiger partial charge in [-0.3, -0.25) is 19.3 Å². The largest absolute Gasteiger partial charge is 0.444 e. The molecule has 0 saturated carbocycles. The number of imide groups is 1. The molecule has 2 N–H and O–H groups in total. The van der Waals surface area contributed by atoms with Crippen LogP contribution >= 0.6 is 21.6 Å². The van der Waals surface area contributed by atoms with Crippen molar-refractivity contribution in [1.29, 1.82) is 0 Å². The summed E-state index contributed by atoms with van der Waals surface area (Å²) in [5.41, 5.74) is -0.695. The fraction of sp³-hybridized carbons (Fsp3) is 0.625. The number of nitrogens with zero attached hydrogens (tertiary/aromatic N) is 1. The summed E-state index contributed by atoms with van der Waals surface area (Å²) in [5, 5.41) is 5.34. The number of carbonyl (C=O) groups is 4. The van der Waals surface area contributed by atoms with Gasteiger partial charge in [-0.2, -0.15) is 0 Å². The van der Waals surface area contributed by atoms with Crippen LogP contribution in [0.1, 0.15) is 27.2 Å². The minimum absolute atomic E-state index is 0.0291. The first-order chi connectivity index (χ1) is 12.2. The molecule has 0 radical (unpaired) electrons. The standard InChI is InChI=1S/C16H23N3O5S2/c1-16(2,3)24-15(23)17-8-11(19-12(20)4-5-13(19)21)14(22)18-10-6-7-25-26-9-10/h4-5,10-11H,6-9H2,1-3H3,(H,17,23)(H,18,22)/t10-,11-/m0/s1. The fourth-order valence-electron chi connectivity index (χ4n) is 2.39. The second-order valence-corrected chi connectivity index (χ2v) is 9.51. The summed E-state index contributed by atoms with van der Waals surface area (Å²) >= 11 is 0. The normalized spacial score (nSPS) is 21.5. The van der Waals surface area contributed by atoms with Crippen LogP contribution in [0, 0.1) is 0 Å². The van der Waals surface area contributed by atoms with Gasteiger partial charge in [0.1, 0.15) is 11.6 Å². The van der Waals surface area contributed by atoms with Crippen molar-refractivity contribution in [3.05, 3.63) is 12.2 Å². The second kappa shape index (κ2) is 8.81. The third kappa shape index (κ3) is 5.94. The average Bonchev–Trinajstić information content (AvgIpc) is 2.86. The molecule has 8 nitrogen and oxygen atoms in total. The molecule has 4 amide bonds. The Morgan fingerprint density at radius 1 is 1.27 bits per heavy atom. The Hall–Kier alpha value is -1.68. The molecule has 0 bridgehead atoms. The van der Waals surface area contributed by atoms with Crippen molar-refractivity contribution in [3.8, 4) is 0 Å². The number of carbonyl (C=O) groups excluding carboxylic acids is 4. The van der Waals surface area contributed by atoms with Crippen molar-refractivity contribution in [3.63, 3.8) is 0 Å². The Balaban J connectivity index is 2.03. The van der Waals surface area contributed by atoms with E-state index in [9.17, 15) is 19.2 Å². The minimum atomic E-state index is -1.13. The highest BCUT2D eigenvalue weighted by Crippen LogP contribution is 2.29. The minimum Gasteiger partial charge on any atom is -0.444 e. The van der Waals surface area contributed by atoms with Gasteiger partial charge in [-0.05, 0) is 27.2 Å². The van der Waals surface area contributed by atoms with Crippen LogP contribution in [0.25, 0.3) is 0 Å². The van der Waals surface area contributed by atoms with Crippen LogP contribution in [-0.2, 0) is 19.1 Å².